The molecule has 1 aliphatic rings. The van der Waals surface area contributed by atoms with E-state index in [1.54, 1.807) is 29.2 Å². The molecule has 1 unspecified atom stereocenters. The number of cyclic esters (lactones) is 1. The molecule has 0 radical (unpaired) electrons. The number of rotatable bonds is 2. The van der Waals surface area contributed by atoms with Gasteiger partial charge < -0.3 is 10.5 Å². The number of carbonyl (C=O) groups is 1. The fourth-order valence-corrected chi connectivity index (χ4v) is 1.60. The molecule has 5 heteroatoms. The molecule has 1 saturated heterocycles. The molecular formula is C10H11ClN2O2. The van der Waals surface area contributed by atoms with Crippen LogP contribution in [0.15, 0.2) is 24.3 Å². The summed E-state index contributed by atoms with van der Waals surface area (Å²) in [7, 11) is 0. The van der Waals surface area contributed by atoms with Gasteiger partial charge in [0, 0.05) is 17.3 Å². The SMILES string of the molecule is NCC1CN(c2ccc(Cl)cc2)C(=O)O1. The van der Waals surface area contributed by atoms with E-state index in [1.165, 1.54) is 0 Å². The molecule has 1 heterocycles. The molecular weight excluding hydrogens is 216 g/mol. The molecule has 15 heavy (non-hydrogen) atoms. The zero-order valence-electron chi connectivity index (χ0n) is 8.02. The standard InChI is InChI=1S/C10H11ClN2O2/c11-7-1-3-8(4-2-7)13-6-9(5-12)15-10(13)14/h1-4,9H,5-6,12H2. The molecule has 2 N–H and O–H groups in total. The third-order valence-electron chi connectivity index (χ3n) is 2.28. The van der Waals surface area contributed by atoms with Crippen LogP contribution in [0, 0.1) is 0 Å². The summed E-state index contributed by atoms with van der Waals surface area (Å²) in [5, 5.41) is 0.640. The summed E-state index contributed by atoms with van der Waals surface area (Å²) in [6.45, 7) is 0.840. The predicted molar refractivity (Wildman–Crippen MR) is 58.1 cm³/mol. The maximum absolute atomic E-state index is 11.4. The van der Waals surface area contributed by atoms with E-state index in [2.05, 4.69) is 0 Å². The second-order valence-electron chi connectivity index (χ2n) is 3.33. The first-order valence-corrected chi connectivity index (χ1v) is 5.02. The lowest BCUT2D eigenvalue weighted by atomic mass is 10.3. The van der Waals surface area contributed by atoms with Crippen LogP contribution in [0.25, 0.3) is 0 Å². The van der Waals surface area contributed by atoms with Crippen LogP contribution < -0.4 is 10.6 Å². The summed E-state index contributed by atoms with van der Waals surface area (Å²) in [4.78, 5) is 13.0. The van der Waals surface area contributed by atoms with Crippen molar-refractivity contribution in [1.29, 1.82) is 0 Å². The molecule has 1 atom stereocenters. The summed E-state index contributed by atoms with van der Waals surface area (Å²) in [6.07, 6.45) is -0.569. The van der Waals surface area contributed by atoms with Crippen molar-refractivity contribution in [3.8, 4) is 0 Å². The minimum atomic E-state index is -0.354. The molecule has 0 aromatic heterocycles. The Balaban J connectivity index is 2.18. The van der Waals surface area contributed by atoms with E-state index in [-0.39, 0.29) is 12.2 Å². The number of ether oxygens (including phenoxy) is 1. The number of hydrogen-bond donors (Lipinski definition) is 1. The summed E-state index contributed by atoms with van der Waals surface area (Å²) in [5.41, 5.74) is 6.21. The average molecular weight is 227 g/mol. The molecule has 0 bridgehead atoms. The van der Waals surface area contributed by atoms with Gasteiger partial charge in [-0.05, 0) is 24.3 Å². The third kappa shape index (κ3) is 2.06. The summed E-state index contributed by atoms with van der Waals surface area (Å²) in [6, 6.07) is 7.03. The van der Waals surface area contributed by atoms with Gasteiger partial charge in [-0.1, -0.05) is 11.6 Å². The van der Waals surface area contributed by atoms with Gasteiger partial charge >= 0.3 is 6.09 Å². The Labute approximate surface area is 92.6 Å². The second-order valence-corrected chi connectivity index (χ2v) is 3.76. The van der Waals surface area contributed by atoms with Crippen molar-refractivity contribution in [3.05, 3.63) is 29.3 Å². The number of nitrogens with two attached hydrogens (primary N) is 1. The lowest BCUT2D eigenvalue weighted by Gasteiger charge is -2.12. The quantitative estimate of drug-likeness (QED) is 0.834. The van der Waals surface area contributed by atoms with E-state index < -0.39 is 0 Å². The van der Waals surface area contributed by atoms with Crippen LogP contribution in [0.5, 0.6) is 0 Å². The van der Waals surface area contributed by atoms with Crippen molar-refractivity contribution in [3.63, 3.8) is 0 Å². The van der Waals surface area contributed by atoms with Gasteiger partial charge in [-0.2, -0.15) is 0 Å². The van der Waals surface area contributed by atoms with Crippen molar-refractivity contribution in [2.45, 2.75) is 6.10 Å². The largest absolute Gasteiger partial charge is 0.443 e. The highest BCUT2D eigenvalue weighted by Crippen LogP contribution is 2.22. The Morgan fingerprint density at radius 3 is 2.67 bits per heavy atom. The lowest BCUT2D eigenvalue weighted by molar-refractivity contribution is 0.145. The van der Waals surface area contributed by atoms with Crippen LogP contribution in [0.1, 0.15) is 0 Å². The highest BCUT2D eigenvalue weighted by Gasteiger charge is 2.31. The summed E-state index contributed by atoms with van der Waals surface area (Å²) >= 11 is 5.76. The van der Waals surface area contributed by atoms with E-state index in [1.807, 2.05) is 0 Å². The van der Waals surface area contributed by atoms with Gasteiger partial charge in [0.15, 0.2) is 0 Å². The maximum Gasteiger partial charge on any atom is 0.414 e. The van der Waals surface area contributed by atoms with Gasteiger partial charge in [0.05, 0.1) is 6.54 Å². The number of carbonyl (C=O) groups excluding carboxylic acids is 1. The van der Waals surface area contributed by atoms with E-state index in [0.29, 0.717) is 18.1 Å². The highest BCUT2D eigenvalue weighted by molar-refractivity contribution is 6.30. The van der Waals surface area contributed by atoms with Gasteiger partial charge in [0.25, 0.3) is 0 Å². The summed E-state index contributed by atoms with van der Waals surface area (Å²) < 4.78 is 5.04. The van der Waals surface area contributed by atoms with E-state index >= 15 is 0 Å². The van der Waals surface area contributed by atoms with E-state index in [4.69, 9.17) is 22.1 Å². The average Bonchev–Trinajstić information content (AvgIpc) is 2.61. The molecule has 2 rings (SSSR count). The number of nitrogens with zero attached hydrogens (tertiary/aromatic N) is 1. The fourth-order valence-electron chi connectivity index (χ4n) is 1.48. The van der Waals surface area contributed by atoms with Crippen LogP contribution in [-0.4, -0.2) is 25.3 Å². The van der Waals surface area contributed by atoms with E-state index in [0.717, 1.165) is 5.69 Å². The zero-order chi connectivity index (χ0) is 10.8. The minimum Gasteiger partial charge on any atom is -0.443 e. The number of hydrogen-bond acceptors (Lipinski definition) is 3. The molecule has 1 fully saturated rings. The maximum atomic E-state index is 11.4. The Hall–Kier alpha value is -1.26. The molecule has 0 spiro atoms. The Bertz CT molecular complexity index is 366. The van der Waals surface area contributed by atoms with Crippen LogP contribution in [0.4, 0.5) is 10.5 Å². The molecule has 1 aromatic carbocycles. The van der Waals surface area contributed by atoms with Gasteiger partial charge in [-0.25, -0.2) is 4.79 Å². The van der Waals surface area contributed by atoms with Crippen molar-refractivity contribution in [2.24, 2.45) is 5.73 Å². The van der Waals surface area contributed by atoms with Crippen LogP contribution >= 0.6 is 11.6 Å². The summed E-state index contributed by atoms with van der Waals surface area (Å²) in [5.74, 6) is 0. The minimum absolute atomic E-state index is 0.215. The normalized spacial score (nSPS) is 20.5. The molecule has 0 saturated carbocycles. The van der Waals surface area contributed by atoms with Crippen LogP contribution in [0.3, 0.4) is 0 Å². The number of anilines is 1. The smallest absolute Gasteiger partial charge is 0.414 e. The third-order valence-corrected chi connectivity index (χ3v) is 2.53. The Morgan fingerprint density at radius 2 is 2.13 bits per heavy atom. The van der Waals surface area contributed by atoms with Crippen molar-refractivity contribution >= 4 is 23.4 Å². The van der Waals surface area contributed by atoms with Crippen molar-refractivity contribution < 1.29 is 9.53 Å². The van der Waals surface area contributed by atoms with Crippen LogP contribution in [0.2, 0.25) is 5.02 Å². The Kier molecular flexibility index (Phi) is 2.79. The topological polar surface area (TPSA) is 55.6 Å². The van der Waals surface area contributed by atoms with Gasteiger partial charge in [-0.3, -0.25) is 4.90 Å². The first-order valence-electron chi connectivity index (χ1n) is 4.64. The highest BCUT2D eigenvalue weighted by atomic mass is 35.5. The number of amides is 1. The molecule has 4 nitrogen and oxygen atoms in total. The van der Waals surface area contributed by atoms with Crippen molar-refractivity contribution in [2.75, 3.05) is 18.0 Å². The van der Waals surface area contributed by atoms with E-state index in [9.17, 15) is 4.79 Å². The first kappa shape index (κ1) is 10.3. The monoisotopic (exact) mass is 226 g/mol. The van der Waals surface area contributed by atoms with Crippen LogP contribution in [-0.2, 0) is 4.74 Å². The van der Waals surface area contributed by atoms with Gasteiger partial charge in [-0.15, -0.1) is 0 Å². The molecule has 1 aromatic rings. The van der Waals surface area contributed by atoms with Gasteiger partial charge in [0.1, 0.15) is 6.10 Å². The Morgan fingerprint density at radius 1 is 1.47 bits per heavy atom. The fraction of sp³-hybridized carbons (Fsp3) is 0.300. The number of halogens is 1. The number of benzene rings is 1. The zero-order valence-corrected chi connectivity index (χ0v) is 8.78. The lowest BCUT2D eigenvalue weighted by Crippen LogP contribution is -2.27. The molecule has 1 amide bonds. The second kappa shape index (κ2) is 4.08. The first-order chi connectivity index (χ1) is 7.20. The molecule has 1 aliphatic heterocycles. The molecule has 0 aliphatic carbocycles. The van der Waals surface area contributed by atoms with Crippen molar-refractivity contribution in [1.82, 2.24) is 0 Å². The predicted octanol–water partition coefficient (Wildman–Crippen LogP) is 1.62. The molecule has 80 valence electrons. The van der Waals surface area contributed by atoms with Gasteiger partial charge in [0.2, 0.25) is 0 Å².